The number of benzene rings is 2. The minimum atomic E-state index is -3.80. The van der Waals surface area contributed by atoms with Gasteiger partial charge >= 0.3 is 0 Å². The Hall–Kier alpha value is -1.61. The van der Waals surface area contributed by atoms with Crippen LogP contribution >= 0.6 is 27.5 Å². The Morgan fingerprint density at radius 2 is 2.00 bits per heavy atom. The first-order valence-electron chi connectivity index (χ1n) is 9.14. The van der Waals surface area contributed by atoms with Gasteiger partial charge in [-0.2, -0.15) is 0 Å². The summed E-state index contributed by atoms with van der Waals surface area (Å²) in [6.07, 6.45) is 3.90. The average Bonchev–Trinajstić information content (AvgIpc) is 3.08. The number of nitrogens with one attached hydrogen (secondary N) is 2. The Bertz CT molecular complexity index is 1090. The molecule has 0 bridgehead atoms. The van der Waals surface area contributed by atoms with Crippen LogP contribution in [0.3, 0.4) is 0 Å². The third-order valence-corrected chi connectivity index (χ3v) is 6.65. The Morgan fingerprint density at radius 1 is 1.17 bits per heavy atom. The fraction of sp³-hybridized carbons (Fsp3) is 0.300. The van der Waals surface area contributed by atoms with E-state index in [0.717, 1.165) is 34.3 Å². The van der Waals surface area contributed by atoms with Crippen LogP contribution in [0.25, 0.3) is 10.9 Å². The highest BCUT2D eigenvalue weighted by molar-refractivity contribution is 9.09. The van der Waals surface area contributed by atoms with E-state index in [9.17, 15) is 12.8 Å². The van der Waals surface area contributed by atoms with E-state index in [2.05, 4.69) is 25.6 Å². The lowest BCUT2D eigenvalue weighted by Crippen LogP contribution is -2.25. The summed E-state index contributed by atoms with van der Waals surface area (Å²) >= 11 is 9.32. The Kier molecular flexibility index (Phi) is 7.56. The van der Waals surface area contributed by atoms with Crippen LogP contribution in [0.2, 0.25) is 5.02 Å². The molecular weight excluding hydrogens is 483 g/mol. The van der Waals surface area contributed by atoms with Crippen molar-refractivity contribution in [2.45, 2.75) is 24.2 Å². The van der Waals surface area contributed by atoms with E-state index in [1.54, 1.807) is 0 Å². The topological polar surface area (TPSA) is 71.2 Å². The van der Waals surface area contributed by atoms with Gasteiger partial charge in [0.05, 0.1) is 11.5 Å². The number of alkyl halides is 1. The Balaban J connectivity index is 1.57. The minimum Gasteiger partial charge on any atom is -0.490 e. The van der Waals surface area contributed by atoms with Crippen LogP contribution in [-0.4, -0.2) is 31.9 Å². The lowest BCUT2D eigenvalue weighted by molar-refractivity contribution is 0.302. The van der Waals surface area contributed by atoms with Gasteiger partial charge in [0.25, 0.3) is 0 Å². The van der Waals surface area contributed by atoms with E-state index in [-0.39, 0.29) is 17.2 Å². The smallest absolute Gasteiger partial charge is 0.240 e. The summed E-state index contributed by atoms with van der Waals surface area (Å²) in [5, 5.41) is 2.43. The van der Waals surface area contributed by atoms with Gasteiger partial charge in [0.1, 0.15) is 0 Å². The molecule has 2 N–H and O–H groups in total. The highest BCUT2D eigenvalue weighted by atomic mass is 79.9. The number of aromatic amines is 1. The average molecular weight is 504 g/mol. The molecule has 1 heterocycles. The van der Waals surface area contributed by atoms with Crippen LogP contribution in [0.5, 0.6) is 5.75 Å². The first kappa shape index (κ1) is 22.1. The molecule has 0 aliphatic carbocycles. The highest BCUT2D eigenvalue weighted by Crippen LogP contribution is 2.24. The van der Waals surface area contributed by atoms with E-state index in [4.69, 9.17) is 16.3 Å². The standard InChI is InChI=1S/C20H21BrClFN2O3S/c21-8-2-10-28-20-7-5-16(12-18(20)23)29(26,27)25-9-1-3-14-13-24-19-6-4-15(22)11-17(14)19/h4-7,11-13,24-25H,1-3,8-10H2. The zero-order valence-electron chi connectivity index (χ0n) is 15.6. The summed E-state index contributed by atoms with van der Waals surface area (Å²) in [4.78, 5) is 3.05. The van der Waals surface area contributed by atoms with E-state index < -0.39 is 15.8 Å². The van der Waals surface area contributed by atoms with Crippen LogP contribution in [0, 0.1) is 5.82 Å². The molecule has 0 saturated carbocycles. The summed E-state index contributed by atoms with van der Waals surface area (Å²) in [6.45, 7) is 0.590. The van der Waals surface area contributed by atoms with Gasteiger partial charge in [-0.05, 0) is 61.2 Å². The number of fused-ring (bicyclic) bond motifs is 1. The van der Waals surface area contributed by atoms with E-state index >= 15 is 0 Å². The van der Waals surface area contributed by atoms with Gasteiger partial charge in [0, 0.05) is 34.0 Å². The summed E-state index contributed by atoms with van der Waals surface area (Å²) in [7, 11) is -3.80. The van der Waals surface area contributed by atoms with E-state index in [1.807, 2.05) is 24.4 Å². The van der Waals surface area contributed by atoms with Gasteiger partial charge in [0.2, 0.25) is 10.0 Å². The van der Waals surface area contributed by atoms with Gasteiger partial charge in [-0.25, -0.2) is 17.5 Å². The number of hydrogen-bond donors (Lipinski definition) is 2. The molecule has 0 unspecified atom stereocenters. The maximum atomic E-state index is 14.1. The molecule has 1 aromatic heterocycles. The van der Waals surface area contributed by atoms with Crippen LogP contribution in [-0.2, 0) is 16.4 Å². The molecule has 0 atom stereocenters. The van der Waals surface area contributed by atoms with Gasteiger partial charge in [-0.15, -0.1) is 0 Å². The molecule has 9 heteroatoms. The third-order valence-electron chi connectivity index (χ3n) is 4.39. The molecule has 29 heavy (non-hydrogen) atoms. The molecule has 3 aromatic rings. The molecule has 0 spiro atoms. The number of H-pyrrole nitrogens is 1. The second kappa shape index (κ2) is 9.93. The molecule has 2 aromatic carbocycles. The van der Waals surface area contributed by atoms with Crippen molar-refractivity contribution in [1.29, 1.82) is 0 Å². The largest absolute Gasteiger partial charge is 0.490 e. The molecular formula is C20H21BrClFN2O3S. The van der Waals surface area contributed by atoms with Crippen molar-refractivity contribution in [3.05, 3.63) is 59.0 Å². The first-order valence-corrected chi connectivity index (χ1v) is 12.1. The number of rotatable bonds is 10. The zero-order chi connectivity index (χ0) is 20.9. The van der Waals surface area contributed by atoms with Gasteiger partial charge in [-0.3, -0.25) is 0 Å². The molecule has 0 aliphatic heterocycles. The van der Waals surface area contributed by atoms with E-state index in [0.29, 0.717) is 24.5 Å². The normalized spacial score (nSPS) is 11.8. The monoisotopic (exact) mass is 502 g/mol. The van der Waals surface area contributed by atoms with Gasteiger partial charge < -0.3 is 9.72 Å². The first-order chi connectivity index (χ1) is 13.9. The number of sulfonamides is 1. The summed E-state index contributed by atoms with van der Waals surface area (Å²) in [5.41, 5.74) is 2.05. The molecule has 0 amide bonds. The van der Waals surface area contributed by atoms with Crippen molar-refractivity contribution in [2.75, 3.05) is 18.5 Å². The Morgan fingerprint density at radius 3 is 2.76 bits per heavy atom. The number of ether oxygens (including phenoxy) is 1. The summed E-state index contributed by atoms with van der Waals surface area (Å²) < 4.78 is 46.8. The maximum Gasteiger partial charge on any atom is 0.240 e. The second-order valence-corrected chi connectivity index (χ2v) is 9.48. The van der Waals surface area contributed by atoms with Crippen molar-refractivity contribution in [2.24, 2.45) is 0 Å². The molecule has 0 aliphatic rings. The lowest BCUT2D eigenvalue weighted by atomic mass is 10.1. The van der Waals surface area contributed by atoms with Crippen molar-refractivity contribution in [3.63, 3.8) is 0 Å². The predicted molar refractivity (Wildman–Crippen MR) is 117 cm³/mol. The van der Waals surface area contributed by atoms with Crippen molar-refractivity contribution in [3.8, 4) is 5.75 Å². The third kappa shape index (κ3) is 5.72. The lowest BCUT2D eigenvalue weighted by Gasteiger charge is -2.10. The number of aryl methyl sites for hydroxylation is 1. The SMILES string of the molecule is O=S(=O)(NCCCc1c[nH]c2ccc(Cl)cc12)c1ccc(OCCCBr)c(F)c1. The van der Waals surface area contributed by atoms with Gasteiger partial charge in [0.15, 0.2) is 11.6 Å². The molecule has 0 fully saturated rings. The van der Waals surface area contributed by atoms with Crippen LogP contribution in [0.4, 0.5) is 4.39 Å². The molecule has 156 valence electrons. The van der Waals surface area contributed by atoms with Crippen LogP contribution in [0.15, 0.2) is 47.5 Å². The number of aromatic nitrogens is 1. The fourth-order valence-electron chi connectivity index (χ4n) is 2.93. The number of halogens is 3. The fourth-order valence-corrected chi connectivity index (χ4v) is 4.42. The summed E-state index contributed by atoms with van der Waals surface area (Å²) in [5.74, 6) is -0.652. The van der Waals surface area contributed by atoms with Crippen molar-refractivity contribution < 1.29 is 17.5 Å². The number of hydrogen-bond acceptors (Lipinski definition) is 3. The Labute approximate surface area is 182 Å². The van der Waals surface area contributed by atoms with Crippen LogP contribution < -0.4 is 9.46 Å². The second-order valence-electron chi connectivity index (χ2n) is 6.49. The molecule has 0 radical (unpaired) electrons. The zero-order valence-corrected chi connectivity index (χ0v) is 18.7. The van der Waals surface area contributed by atoms with Crippen molar-refractivity contribution in [1.82, 2.24) is 9.71 Å². The molecule has 0 saturated heterocycles. The quantitative estimate of drug-likeness (QED) is 0.301. The van der Waals surface area contributed by atoms with Crippen molar-refractivity contribution >= 4 is 48.5 Å². The maximum absolute atomic E-state index is 14.1. The molecule has 5 nitrogen and oxygen atoms in total. The predicted octanol–water partition coefficient (Wildman–Crippen LogP) is 5.04. The summed E-state index contributed by atoms with van der Waals surface area (Å²) in [6, 6.07) is 9.27. The van der Waals surface area contributed by atoms with E-state index in [1.165, 1.54) is 12.1 Å². The van der Waals surface area contributed by atoms with Crippen LogP contribution in [0.1, 0.15) is 18.4 Å². The minimum absolute atomic E-state index is 0.0443. The van der Waals surface area contributed by atoms with Gasteiger partial charge in [-0.1, -0.05) is 27.5 Å². The molecule has 3 rings (SSSR count). The highest BCUT2D eigenvalue weighted by Gasteiger charge is 2.16.